The number of ketones is 1. The first kappa shape index (κ1) is 23.1. The first-order valence-corrected chi connectivity index (χ1v) is 13.6. The Hall–Kier alpha value is -3.33. The number of aryl methyl sites for hydroxylation is 2. The highest BCUT2D eigenvalue weighted by molar-refractivity contribution is 5.91. The van der Waals surface area contributed by atoms with Crippen molar-refractivity contribution in [1.82, 2.24) is 0 Å². The Morgan fingerprint density at radius 3 is 1.39 bits per heavy atom. The molecule has 0 spiro atoms. The van der Waals surface area contributed by atoms with Crippen LogP contribution in [0.5, 0.6) is 0 Å². The van der Waals surface area contributed by atoms with Crippen LogP contribution in [0.3, 0.4) is 0 Å². The first-order valence-electron chi connectivity index (χ1n) is 13.6. The highest BCUT2D eigenvalue weighted by Gasteiger charge is 2.33. The van der Waals surface area contributed by atoms with Gasteiger partial charge in [0, 0.05) is 49.4 Å². The van der Waals surface area contributed by atoms with Gasteiger partial charge in [-0.05, 0) is 84.3 Å². The summed E-state index contributed by atoms with van der Waals surface area (Å²) in [7, 11) is 0. The summed E-state index contributed by atoms with van der Waals surface area (Å²) < 4.78 is 0. The fourth-order valence-corrected chi connectivity index (χ4v) is 6.66. The quantitative estimate of drug-likeness (QED) is 0.308. The lowest BCUT2D eigenvalue weighted by Crippen LogP contribution is -2.42. The van der Waals surface area contributed by atoms with Gasteiger partial charge in [-0.2, -0.15) is 0 Å². The van der Waals surface area contributed by atoms with Crippen LogP contribution < -0.4 is 9.80 Å². The van der Waals surface area contributed by atoms with Crippen LogP contribution in [0, 0.1) is 25.7 Å². The summed E-state index contributed by atoms with van der Waals surface area (Å²) in [5.41, 5.74) is 5.38. The van der Waals surface area contributed by atoms with Gasteiger partial charge in [-0.25, -0.2) is 0 Å². The van der Waals surface area contributed by atoms with Crippen LogP contribution in [-0.2, 0) is 4.79 Å². The van der Waals surface area contributed by atoms with E-state index in [0.29, 0.717) is 5.78 Å². The molecule has 3 nitrogen and oxygen atoms in total. The summed E-state index contributed by atoms with van der Waals surface area (Å²) in [6.45, 7) is 8.38. The monoisotopic (exact) mass is 476 g/mol. The van der Waals surface area contributed by atoms with Gasteiger partial charge in [-0.3, -0.25) is 4.79 Å². The van der Waals surface area contributed by atoms with Crippen LogP contribution in [0.25, 0.3) is 21.5 Å². The van der Waals surface area contributed by atoms with Crippen LogP contribution in [0.4, 0.5) is 11.4 Å². The molecule has 2 saturated heterocycles. The number of nitrogens with zero attached hydrogens (tertiary/aromatic N) is 2. The number of benzene rings is 4. The number of rotatable bonds is 4. The molecule has 0 unspecified atom stereocenters. The van der Waals surface area contributed by atoms with E-state index in [9.17, 15) is 4.79 Å². The highest BCUT2D eigenvalue weighted by Crippen LogP contribution is 2.35. The molecule has 2 aliphatic heterocycles. The number of carbonyl (C=O) groups is 1. The van der Waals surface area contributed by atoms with E-state index in [1.165, 1.54) is 44.0 Å². The number of anilines is 2. The predicted molar refractivity (Wildman–Crippen MR) is 152 cm³/mol. The molecule has 6 rings (SSSR count). The predicted octanol–water partition coefficient (Wildman–Crippen LogP) is 7.31. The summed E-state index contributed by atoms with van der Waals surface area (Å²) >= 11 is 0. The van der Waals surface area contributed by atoms with E-state index in [1.54, 1.807) is 0 Å². The number of hydrogen-bond acceptors (Lipinski definition) is 3. The molecule has 4 aromatic carbocycles. The summed E-state index contributed by atoms with van der Waals surface area (Å²) in [6.07, 6.45) is 3.92. The first-order chi connectivity index (χ1) is 17.6. The minimum Gasteiger partial charge on any atom is -0.371 e. The fraction of sp³-hybridized carbons (Fsp3) is 0.364. The topological polar surface area (TPSA) is 23.6 Å². The van der Waals surface area contributed by atoms with Gasteiger partial charge in [0.15, 0.2) is 0 Å². The smallest absolute Gasteiger partial charge is 0.139 e. The van der Waals surface area contributed by atoms with Crippen molar-refractivity contribution in [2.45, 2.75) is 39.5 Å². The SMILES string of the molecule is Cc1c(N2CCC(C(=O)C3CCN(c4ccc5ccccc5c4C)CC3)CC2)ccc2ccccc12. The van der Waals surface area contributed by atoms with Gasteiger partial charge >= 0.3 is 0 Å². The molecule has 0 atom stereocenters. The van der Waals surface area contributed by atoms with Crippen molar-refractivity contribution in [1.29, 1.82) is 0 Å². The molecule has 36 heavy (non-hydrogen) atoms. The van der Waals surface area contributed by atoms with Crippen molar-refractivity contribution in [3.05, 3.63) is 83.9 Å². The van der Waals surface area contributed by atoms with Crippen LogP contribution >= 0.6 is 0 Å². The third kappa shape index (κ3) is 4.15. The largest absolute Gasteiger partial charge is 0.371 e. The number of carbonyl (C=O) groups excluding carboxylic acids is 1. The number of piperidine rings is 2. The minimum atomic E-state index is 0.223. The van der Waals surface area contributed by atoms with Crippen molar-refractivity contribution in [3.8, 4) is 0 Å². The highest BCUT2D eigenvalue weighted by atomic mass is 16.1. The van der Waals surface area contributed by atoms with Crippen molar-refractivity contribution < 1.29 is 4.79 Å². The molecule has 0 amide bonds. The Kier molecular flexibility index (Phi) is 6.17. The van der Waals surface area contributed by atoms with Gasteiger partial charge < -0.3 is 9.80 Å². The average Bonchev–Trinajstić information content (AvgIpc) is 2.94. The number of Topliss-reactive ketones (excluding diaryl/α,β-unsaturated/α-hetero) is 1. The lowest BCUT2D eigenvalue weighted by Gasteiger charge is -2.38. The molecule has 2 aliphatic rings. The molecule has 3 heteroatoms. The van der Waals surface area contributed by atoms with Crippen molar-refractivity contribution in [2.24, 2.45) is 11.8 Å². The van der Waals surface area contributed by atoms with Crippen molar-refractivity contribution >= 4 is 38.7 Å². The summed E-state index contributed by atoms with van der Waals surface area (Å²) in [5, 5.41) is 5.27. The zero-order chi connectivity index (χ0) is 24.6. The van der Waals surface area contributed by atoms with E-state index < -0.39 is 0 Å². The van der Waals surface area contributed by atoms with E-state index in [2.05, 4.69) is 96.4 Å². The maximum Gasteiger partial charge on any atom is 0.139 e. The maximum atomic E-state index is 13.5. The third-order valence-electron chi connectivity index (χ3n) is 8.82. The molecule has 0 N–H and O–H groups in total. The van der Waals surface area contributed by atoms with Crippen molar-refractivity contribution in [2.75, 3.05) is 36.0 Å². The van der Waals surface area contributed by atoms with Crippen molar-refractivity contribution in [3.63, 3.8) is 0 Å². The number of hydrogen-bond donors (Lipinski definition) is 0. The second-order valence-corrected chi connectivity index (χ2v) is 10.8. The van der Waals surface area contributed by atoms with E-state index in [1.807, 2.05) is 0 Å². The van der Waals surface area contributed by atoms with Crippen LogP contribution in [-0.4, -0.2) is 32.0 Å². The summed E-state index contributed by atoms with van der Waals surface area (Å²) in [4.78, 5) is 18.5. The Morgan fingerprint density at radius 2 is 0.972 bits per heavy atom. The molecule has 0 radical (unpaired) electrons. The standard InChI is InChI=1S/C33H36N2O/c1-23-29-9-5-3-7-25(29)11-13-31(23)34-19-15-27(16-20-34)33(36)28-17-21-35(22-18-28)32-14-12-26-8-4-6-10-30(26)24(32)2/h3-14,27-28H,15-22H2,1-2H3. The van der Waals surface area contributed by atoms with Crippen LogP contribution in [0.2, 0.25) is 0 Å². The Morgan fingerprint density at radius 1 is 0.583 bits per heavy atom. The maximum absolute atomic E-state index is 13.5. The Labute approximate surface area is 214 Å². The normalized spacial score (nSPS) is 17.7. The molecule has 0 bridgehead atoms. The second-order valence-electron chi connectivity index (χ2n) is 10.8. The molecule has 4 aromatic rings. The molecule has 2 fully saturated rings. The van der Waals surface area contributed by atoms with E-state index in [-0.39, 0.29) is 11.8 Å². The molecule has 2 heterocycles. The molecule has 184 valence electrons. The lowest BCUT2D eigenvalue weighted by molar-refractivity contribution is -0.128. The van der Waals surface area contributed by atoms with E-state index >= 15 is 0 Å². The van der Waals surface area contributed by atoms with E-state index in [0.717, 1.165) is 51.9 Å². The van der Waals surface area contributed by atoms with Gasteiger partial charge in [0.1, 0.15) is 5.78 Å². The fourth-order valence-electron chi connectivity index (χ4n) is 6.66. The Bertz CT molecular complexity index is 1300. The zero-order valence-corrected chi connectivity index (χ0v) is 21.5. The molecular weight excluding hydrogens is 440 g/mol. The lowest BCUT2D eigenvalue weighted by atomic mass is 9.81. The average molecular weight is 477 g/mol. The third-order valence-corrected chi connectivity index (χ3v) is 8.82. The minimum absolute atomic E-state index is 0.223. The number of fused-ring (bicyclic) bond motifs is 2. The zero-order valence-electron chi connectivity index (χ0n) is 21.5. The van der Waals surface area contributed by atoms with Crippen LogP contribution in [0.15, 0.2) is 72.8 Å². The molecular formula is C33H36N2O. The second kappa shape index (κ2) is 9.61. The van der Waals surface area contributed by atoms with Gasteiger partial charge in [0.05, 0.1) is 0 Å². The van der Waals surface area contributed by atoms with Gasteiger partial charge in [0.25, 0.3) is 0 Å². The summed E-state index contributed by atoms with van der Waals surface area (Å²) in [5.74, 6) is 0.974. The molecule has 0 aliphatic carbocycles. The molecule has 0 aromatic heterocycles. The van der Waals surface area contributed by atoms with E-state index in [4.69, 9.17) is 0 Å². The Balaban J connectivity index is 1.07. The van der Waals surface area contributed by atoms with Gasteiger partial charge in [0.2, 0.25) is 0 Å². The summed E-state index contributed by atoms with van der Waals surface area (Å²) in [6, 6.07) is 26.3. The van der Waals surface area contributed by atoms with Gasteiger partial charge in [-0.1, -0.05) is 60.7 Å². The molecule has 0 saturated carbocycles. The van der Waals surface area contributed by atoms with Crippen LogP contribution in [0.1, 0.15) is 36.8 Å². The van der Waals surface area contributed by atoms with Gasteiger partial charge in [-0.15, -0.1) is 0 Å².